The average Bonchev–Trinajstić information content (AvgIpc) is 2.95. The number of nitrogens with zero attached hydrogens (tertiary/aromatic N) is 2. The molecule has 2 aliphatic carbocycles. The van der Waals surface area contributed by atoms with Gasteiger partial charge in [-0.15, -0.1) is 0 Å². The minimum Gasteiger partial charge on any atom is -0.377 e. The zero-order valence-corrected chi connectivity index (χ0v) is 15.8. The van der Waals surface area contributed by atoms with Gasteiger partial charge in [0.25, 0.3) is 0 Å². The molecule has 2 bridgehead atoms. The summed E-state index contributed by atoms with van der Waals surface area (Å²) in [5, 5.41) is 7.63. The van der Waals surface area contributed by atoms with E-state index in [0.29, 0.717) is 29.5 Å². The van der Waals surface area contributed by atoms with Crippen LogP contribution in [0.2, 0.25) is 0 Å². The van der Waals surface area contributed by atoms with Gasteiger partial charge in [-0.2, -0.15) is 0 Å². The highest BCUT2D eigenvalue weighted by atomic mass is 16.5. The van der Waals surface area contributed by atoms with Crippen molar-refractivity contribution in [2.24, 2.45) is 16.3 Å². The van der Waals surface area contributed by atoms with Crippen LogP contribution in [0.5, 0.6) is 0 Å². The van der Waals surface area contributed by atoms with Crippen molar-refractivity contribution in [1.29, 1.82) is 0 Å². The fourth-order valence-electron chi connectivity index (χ4n) is 6.70. The van der Waals surface area contributed by atoms with Crippen LogP contribution < -0.4 is 10.6 Å². The molecule has 0 aromatic heterocycles. The zero-order chi connectivity index (χ0) is 17.0. The van der Waals surface area contributed by atoms with Gasteiger partial charge in [-0.1, -0.05) is 12.8 Å². The summed E-state index contributed by atoms with van der Waals surface area (Å²) in [6.45, 7) is 0.958. The van der Waals surface area contributed by atoms with Crippen LogP contribution >= 0.6 is 0 Å². The maximum absolute atomic E-state index is 6.06. The highest BCUT2D eigenvalue weighted by Gasteiger charge is 2.66. The Morgan fingerprint density at radius 1 is 1.08 bits per heavy atom. The molecule has 5 fully saturated rings. The second-order valence-electron chi connectivity index (χ2n) is 9.24. The van der Waals surface area contributed by atoms with Crippen molar-refractivity contribution in [3.05, 3.63) is 0 Å². The van der Waals surface area contributed by atoms with Gasteiger partial charge in [0.1, 0.15) is 0 Å². The smallest absolute Gasteiger partial charge is 0.191 e. The summed E-state index contributed by atoms with van der Waals surface area (Å²) >= 11 is 0. The van der Waals surface area contributed by atoms with Gasteiger partial charge in [0.05, 0.1) is 6.10 Å². The van der Waals surface area contributed by atoms with Crippen molar-refractivity contribution in [2.75, 3.05) is 20.7 Å². The zero-order valence-electron chi connectivity index (χ0n) is 15.8. The minimum atomic E-state index is 0.419. The van der Waals surface area contributed by atoms with Gasteiger partial charge in [-0.25, -0.2) is 0 Å². The number of ether oxygens (including phenoxy) is 1. The lowest BCUT2D eigenvalue weighted by atomic mass is 9.46. The number of hydrogen-bond acceptors (Lipinski definition) is 3. The van der Waals surface area contributed by atoms with E-state index in [1.807, 2.05) is 7.05 Å². The second-order valence-corrected chi connectivity index (χ2v) is 9.24. The monoisotopic (exact) mass is 346 g/mol. The van der Waals surface area contributed by atoms with Gasteiger partial charge in [0.15, 0.2) is 5.96 Å². The van der Waals surface area contributed by atoms with Crippen LogP contribution in [0.1, 0.15) is 57.8 Å². The summed E-state index contributed by atoms with van der Waals surface area (Å²) in [5.74, 6) is 1.74. The lowest BCUT2D eigenvalue weighted by molar-refractivity contribution is -0.171. The molecule has 5 nitrogen and oxygen atoms in total. The highest BCUT2D eigenvalue weighted by molar-refractivity contribution is 5.80. The predicted octanol–water partition coefficient (Wildman–Crippen LogP) is 2.12. The molecule has 2 N–H and O–H groups in total. The van der Waals surface area contributed by atoms with Gasteiger partial charge in [-0.05, 0) is 52.0 Å². The van der Waals surface area contributed by atoms with Crippen LogP contribution in [-0.2, 0) is 4.74 Å². The van der Waals surface area contributed by atoms with Crippen molar-refractivity contribution in [3.8, 4) is 0 Å². The van der Waals surface area contributed by atoms with Crippen LogP contribution in [-0.4, -0.2) is 61.8 Å². The van der Waals surface area contributed by atoms with Crippen LogP contribution in [0, 0.1) is 11.3 Å². The third-order valence-corrected chi connectivity index (χ3v) is 8.23. The summed E-state index contributed by atoms with van der Waals surface area (Å²) in [6, 6.07) is 2.67. The first-order chi connectivity index (χ1) is 12.2. The van der Waals surface area contributed by atoms with Crippen molar-refractivity contribution < 1.29 is 4.74 Å². The molecule has 1 spiro atoms. The van der Waals surface area contributed by atoms with Gasteiger partial charge in [0, 0.05) is 49.2 Å². The number of fused-ring (bicyclic) bond motifs is 4. The van der Waals surface area contributed by atoms with E-state index in [1.54, 1.807) is 0 Å². The number of hydrogen-bond donors (Lipinski definition) is 2. The van der Waals surface area contributed by atoms with Crippen LogP contribution in [0.3, 0.4) is 0 Å². The molecule has 0 radical (unpaired) electrons. The fraction of sp³-hybridized carbons (Fsp3) is 0.950. The molecule has 5 unspecified atom stereocenters. The Bertz CT molecular complexity index is 532. The molecule has 5 heteroatoms. The molecule has 5 aliphatic rings. The number of aliphatic imine (C=N–C) groups is 1. The average molecular weight is 347 g/mol. The summed E-state index contributed by atoms with van der Waals surface area (Å²) in [7, 11) is 4.26. The molecular weight excluding hydrogens is 312 g/mol. The Morgan fingerprint density at radius 3 is 2.48 bits per heavy atom. The quantitative estimate of drug-likeness (QED) is 0.594. The van der Waals surface area contributed by atoms with Gasteiger partial charge in [-0.3, -0.25) is 4.99 Å². The summed E-state index contributed by atoms with van der Waals surface area (Å²) < 4.78 is 6.06. The normalized spacial score (nSPS) is 45.4. The SMILES string of the molecule is CN=C(NC1CC2CCCC(C1)N2C)NC1C2CCOC2C12CCC2. The van der Waals surface area contributed by atoms with E-state index in [2.05, 4.69) is 27.6 Å². The standard InChI is InChI=1S/C20H34N4O/c1-21-19(22-13-11-14-5-3-6-15(12-13)24(14)2)23-17-16-7-10-25-18(16)20(17)8-4-9-20/h13-18H,3-12H2,1-2H3,(H2,21,22,23). The third-order valence-electron chi connectivity index (χ3n) is 8.23. The molecule has 2 saturated carbocycles. The number of piperidine rings is 2. The van der Waals surface area contributed by atoms with Gasteiger partial charge < -0.3 is 20.3 Å². The Hall–Kier alpha value is -0.810. The molecular formula is C20H34N4O. The Labute approximate surface area is 152 Å². The molecule has 3 aliphatic heterocycles. The maximum Gasteiger partial charge on any atom is 0.191 e. The highest BCUT2D eigenvalue weighted by Crippen LogP contribution is 2.62. The van der Waals surface area contributed by atoms with Gasteiger partial charge in [0.2, 0.25) is 0 Å². The Balaban J connectivity index is 1.23. The first kappa shape index (κ1) is 16.4. The first-order valence-electron chi connectivity index (χ1n) is 10.5. The molecule has 140 valence electrons. The van der Waals surface area contributed by atoms with E-state index in [9.17, 15) is 0 Å². The number of guanidine groups is 1. The van der Waals surface area contributed by atoms with E-state index in [-0.39, 0.29) is 0 Å². The number of nitrogens with one attached hydrogen (secondary N) is 2. The van der Waals surface area contributed by atoms with E-state index in [1.165, 1.54) is 57.8 Å². The summed E-state index contributed by atoms with van der Waals surface area (Å²) in [6.07, 6.45) is 12.5. The summed E-state index contributed by atoms with van der Waals surface area (Å²) in [5.41, 5.74) is 0.419. The van der Waals surface area contributed by atoms with Gasteiger partial charge >= 0.3 is 0 Å². The minimum absolute atomic E-state index is 0.419. The lowest BCUT2D eigenvalue weighted by Crippen LogP contribution is -2.73. The topological polar surface area (TPSA) is 48.9 Å². The van der Waals surface area contributed by atoms with E-state index >= 15 is 0 Å². The van der Waals surface area contributed by atoms with Crippen molar-refractivity contribution in [2.45, 2.75) is 88.1 Å². The van der Waals surface area contributed by atoms with E-state index in [0.717, 1.165) is 24.7 Å². The fourth-order valence-corrected chi connectivity index (χ4v) is 6.70. The Kier molecular flexibility index (Phi) is 4.01. The molecule has 3 saturated heterocycles. The second kappa shape index (κ2) is 6.12. The van der Waals surface area contributed by atoms with Crippen LogP contribution in [0.4, 0.5) is 0 Å². The van der Waals surface area contributed by atoms with Crippen LogP contribution in [0.15, 0.2) is 4.99 Å². The third kappa shape index (κ3) is 2.45. The molecule has 5 atom stereocenters. The lowest BCUT2D eigenvalue weighted by Gasteiger charge is -2.63. The van der Waals surface area contributed by atoms with E-state index < -0.39 is 0 Å². The predicted molar refractivity (Wildman–Crippen MR) is 99.8 cm³/mol. The summed E-state index contributed by atoms with van der Waals surface area (Å²) in [4.78, 5) is 7.23. The molecule has 0 amide bonds. The molecule has 0 aromatic carbocycles. The first-order valence-corrected chi connectivity index (χ1v) is 10.5. The van der Waals surface area contributed by atoms with Crippen LogP contribution in [0.25, 0.3) is 0 Å². The van der Waals surface area contributed by atoms with E-state index in [4.69, 9.17) is 4.74 Å². The molecule has 25 heavy (non-hydrogen) atoms. The molecule has 3 heterocycles. The largest absolute Gasteiger partial charge is 0.377 e. The Morgan fingerprint density at radius 2 is 1.84 bits per heavy atom. The molecule has 0 aromatic rings. The van der Waals surface area contributed by atoms with Crippen molar-refractivity contribution in [3.63, 3.8) is 0 Å². The van der Waals surface area contributed by atoms with Crippen molar-refractivity contribution in [1.82, 2.24) is 15.5 Å². The number of rotatable bonds is 2. The van der Waals surface area contributed by atoms with Crippen molar-refractivity contribution >= 4 is 5.96 Å². The maximum atomic E-state index is 6.06. The molecule has 5 rings (SSSR count).